The van der Waals surface area contributed by atoms with Gasteiger partial charge in [-0.25, -0.2) is 8.42 Å². The van der Waals surface area contributed by atoms with E-state index in [1.54, 1.807) is 36.4 Å². The molecular weight excluding hydrogens is 546 g/mol. The van der Waals surface area contributed by atoms with Crippen LogP contribution in [0.4, 0.5) is 5.69 Å². The first-order valence-corrected chi connectivity index (χ1v) is 15.2. The van der Waals surface area contributed by atoms with Crippen molar-refractivity contribution in [2.45, 2.75) is 58.5 Å². The summed E-state index contributed by atoms with van der Waals surface area (Å²) in [6, 6.07) is 19.8. The van der Waals surface area contributed by atoms with Crippen LogP contribution >= 0.6 is 11.6 Å². The molecule has 1 atom stereocenters. The Balaban J connectivity index is 2.05. The van der Waals surface area contributed by atoms with Crippen molar-refractivity contribution in [1.82, 2.24) is 10.2 Å². The van der Waals surface area contributed by atoms with E-state index >= 15 is 0 Å². The number of sulfonamides is 1. The smallest absolute Gasteiger partial charge is 0.264 e. The van der Waals surface area contributed by atoms with E-state index in [1.807, 2.05) is 58.9 Å². The zero-order chi connectivity index (χ0) is 29.4. The van der Waals surface area contributed by atoms with Crippen molar-refractivity contribution in [1.29, 1.82) is 0 Å². The Bertz CT molecular complexity index is 1410. The van der Waals surface area contributed by atoms with Gasteiger partial charge in [0.05, 0.1) is 10.6 Å². The molecule has 0 aliphatic carbocycles. The summed E-state index contributed by atoms with van der Waals surface area (Å²) in [4.78, 5) is 28.9. The van der Waals surface area contributed by atoms with Crippen LogP contribution in [0, 0.1) is 19.8 Å². The van der Waals surface area contributed by atoms with E-state index in [2.05, 4.69) is 5.32 Å². The largest absolute Gasteiger partial charge is 0.354 e. The molecule has 214 valence electrons. The van der Waals surface area contributed by atoms with Crippen LogP contribution in [0.1, 0.15) is 43.9 Å². The molecular formula is C31H38ClN3O4S. The molecule has 0 saturated carbocycles. The fourth-order valence-electron chi connectivity index (χ4n) is 4.22. The van der Waals surface area contributed by atoms with Crippen LogP contribution < -0.4 is 9.62 Å². The van der Waals surface area contributed by atoms with Gasteiger partial charge >= 0.3 is 0 Å². The number of aryl methyl sites for hydroxylation is 2. The summed E-state index contributed by atoms with van der Waals surface area (Å²) >= 11 is 6.38. The summed E-state index contributed by atoms with van der Waals surface area (Å²) in [7, 11) is -4.14. The predicted molar refractivity (Wildman–Crippen MR) is 161 cm³/mol. The number of amides is 2. The van der Waals surface area contributed by atoms with E-state index in [-0.39, 0.29) is 29.0 Å². The summed E-state index contributed by atoms with van der Waals surface area (Å²) in [6.07, 6.45) is 0.364. The lowest BCUT2D eigenvalue weighted by molar-refractivity contribution is -0.140. The zero-order valence-corrected chi connectivity index (χ0v) is 25.3. The van der Waals surface area contributed by atoms with E-state index in [1.165, 1.54) is 17.0 Å². The number of anilines is 1. The topological polar surface area (TPSA) is 86.8 Å². The number of nitrogens with zero attached hydrogens (tertiary/aromatic N) is 2. The van der Waals surface area contributed by atoms with Gasteiger partial charge in [-0.05, 0) is 61.6 Å². The minimum atomic E-state index is -4.14. The second-order valence-corrected chi connectivity index (χ2v) is 12.6. The summed E-state index contributed by atoms with van der Waals surface area (Å²) in [6.45, 7) is 9.74. The molecule has 9 heteroatoms. The number of hydrogen-bond donors (Lipinski definition) is 1. The average molecular weight is 584 g/mol. The van der Waals surface area contributed by atoms with Crippen molar-refractivity contribution in [3.63, 3.8) is 0 Å². The number of nitrogens with one attached hydrogen (secondary N) is 1. The molecule has 0 spiro atoms. The number of hydrogen-bond acceptors (Lipinski definition) is 4. The first-order valence-electron chi connectivity index (χ1n) is 13.4. The second kappa shape index (κ2) is 13.8. The Labute approximate surface area is 243 Å². The minimum Gasteiger partial charge on any atom is -0.354 e. The van der Waals surface area contributed by atoms with Crippen LogP contribution in [0.3, 0.4) is 0 Å². The van der Waals surface area contributed by atoms with Crippen molar-refractivity contribution in [2.75, 3.05) is 17.4 Å². The number of carbonyl (C=O) groups is 2. The Hall–Kier alpha value is -3.36. The van der Waals surface area contributed by atoms with Crippen molar-refractivity contribution < 1.29 is 18.0 Å². The molecule has 0 heterocycles. The normalized spacial score (nSPS) is 12.2. The van der Waals surface area contributed by atoms with Crippen molar-refractivity contribution in [2.24, 2.45) is 5.92 Å². The van der Waals surface area contributed by atoms with E-state index < -0.39 is 28.5 Å². The number of carbonyl (C=O) groups excluding carboxylic acids is 2. The molecule has 0 bridgehead atoms. The lowest BCUT2D eigenvalue weighted by Gasteiger charge is -2.33. The van der Waals surface area contributed by atoms with Crippen LogP contribution in [-0.2, 0) is 26.2 Å². The number of rotatable bonds is 12. The van der Waals surface area contributed by atoms with Gasteiger partial charge in [0.15, 0.2) is 0 Å². The van der Waals surface area contributed by atoms with Gasteiger partial charge in [0, 0.05) is 18.1 Å². The molecule has 0 aromatic heterocycles. The third-order valence-electron chi connectivity index (χ3n) is 6.60. The first kappa shape index (κ1) is 31.2. The summed E-state index contributed by atoms with van der Waals surface area (Å²) in [5.41, 5.74) is 2.95. The lowest BCUT2D eigenvalue weighted by atomic mass is 10.1. The third-order valence-corrected chi connectivity index (χ3v) is 8.79. The monoisotopic (exact) mass is 583 g/mol. The fourth-order valence-corrected chi connectivity index (χ4v) is 5.82. The Morgan fingerprint density at radius 3 is 2.17 bits per heavy atom. The maximum atomic E-state index is 14.1. The van der Waals surface area contributed by atoms with Crippen molar-refractivity contribution in [3.05, 3.63) is 94.5 Å². The van der Waals surface area contributed by atoms with Gasteiger partial charge in [-0.15, -0.1) is 0 Å². The van der Waals surface area contributed by atoms with Gasteiger partial charge in [-0.1, -0.05) is 86.5 Å². The fraction of sp³-hybridized carbons (Fsp3) is 0.355. The Kier molecular flexibility index (Phi) is 10.8. The third kappa shape index (κ3) is 7.86. The van der Waals surface area contributed by atoms with Crippen LogP contribution in [0.5, 0.6) is 0 Å². The molecule has 0 saturated heterocycles. The number of benzene rings is 3. The van der Waals surface area contributed by atoms with Crippen molar-refractivity contribution >= 4 is 39.1 Å². The molecule has 0 aliphatic rings. The molecule has 0 aliphatic heterocycles. The molecule has 40 heavy (non-hydrogen) atoms. The SMILES string of the molecule is CC[C@H](C(=O)NCC(C)C)N(Cc1ccc(C)cc1)C(=O)CN(c1ccc(C)c(Cl)c1)S(=O)(=O)c1ccccc1. The summed E-state index contributed by atoms with van der Waals surface area (Å²) in [5, 5.41) is 3.32. The maximum absolute atomic E-state index is 14.1. The van der Waals surface area contributed by atoms with Gasteiger partial charge in [0.2, 0.25) is 11.8 Å². The highest BCUT2D eigenvalue weighted by atomic mass is 35.5. The summed E-state index contributed by atoms with van der Waals surface area (Å²) in [5.74, 6) is -0.531. The Morgan fingerprint density at radius 1 is 0.950 bits per heavy atom. The van der Waals surface area contributed by atoms with Gasteiger partial charge < -0.3 is 10.2 Å². The lowest BCUT2D eigenvalue weighted by Crippen LogP contribution is -2.52. The molecule has 0 fully saturated rings. The van der Waals surface area contributed by atoms with Crippen LogP contribution in [0.25, 0.3) is 0 Å². The first-order chi connectivity index (χ1) is 18.9. The highest BCUT2D eigenvalue weighted by Crippen LogP contribution is 2.28. The molecule has 1 N–H and O–H groups in total. The molecule has 0 unspecified atom stereocenters. The molecule has 7 nitrogen and oxygen atoms in total. The molecule has 2 amide bonds. The van der Waals surface area contributed by atoms with Gasteiger partial charge in [0.25, 0.3) is 10.0 Å². The highest BCUT2D eigenvalue weighted by Gasteiger charge is 2.33. The van der Waals surface area contributed by atoms with Gasteiger partial charge in [-0.2, -0.15) is 0 Å². The average Bonchev–Trinajstić information content (AvgIpc) is 2.93. The van der Waals surface area contributed by atoms with E-state index in [4.69, 9.17) is 11.6 Å². The van der Waals surface area contributed by atoms with E-state index in [0.717, 1.165) is 21.0 Å². The maximum Gasteiger partial charge on any atom is 0.264 e. The second-order valence-electron chi connectivity index (χ2n) is 10.3. The van der Waals surface area contributed by atoms with E-state index in [0.29, 0.717) is 18.0 Å². The quantitative estimate of drug-likeness (QED) is 0.295. The summed E-state index contributed by atoms with van der Waals surface area (Å²) < 4.78 is 28.8. The Morgan fingerprint density at radius 2 is 1.60 bits per heavy atom. The molecule has 3 rings (SSSR count). The predicted octanol–water partition coefficient (Wildman–Crippen LogP) is 5.73. The molecule has 3 aromatic rings. The van der Waals surface area contributed by atoms with Crippen LogP contribution in [0.2, 0.25) is 5.02 Å². The van der Waals surface area contributed by atoms with Crippen LogP contribution in [0.15, 0.2) is 77.7 Å². The van der Waals surface area contributed by atoms with Crippen molar-refractivity contribution in [3.8, 4) is 0 Å². The van der Waals surface area contributed by atoms with Crippen LogP contribution in [-0.4, -0.2) is 44.3 Å². The molecule has 3 aromatic carbocycles. The van der Waals surface area contributed by atoms with Gasteiger partial charge in [-0.3, -0.25) is 13.9 Å². The molecule has 0 radical (unpaired) electrons. The number of halogens is 1. The van der Waals surface area contributed by atoms with E-state index in [9.17, 15) is 18.0 Å². The van der Waals surface area contributed by atoms with Gasteiger partial charge in [0.1, 0.15) is 12.6 Å². The standard InChI is InChI=1S/C31H38ClN3O4S/c1-6-29(31(37)33-19-22(2)3)34(20-25-15-12-23(4)13-16-25)30(36)21-35(26-17-14-24(5)28(32)18-26)40(38,39)27-10-8-7-9-11-27/h7-18,22,29H,6,19-21H2,1-5H3,(H,33,37)/t29-/m1/s1. The zero-order valence-electron chi connectivity index (χ0n) is 23.7. The highest BCUT2D eigenvalue weighted by molar-refractivity contribution is 7.92. The minimum absolute atomic E-state index is 0.0475.